The van der Waals surface area contributed by atoms with Crippen molar-refractivity contribution in [3.05, 3.63) is 42.0 Å². The first-order chi connectivity index (χ1) is 9.04. The third-order valence-corrected chi connectivity index (χ3v) is 5.53. The van der Waals surface area contributed by atoms with Crippen LogP contribution in [0.1, 0.15) is 25.3 Å². The van der Waals surface area contributed by atoms with Crippen molar-refractivity contribution in [2.24, 2.45) is 5.92 Å². The quantitative estimate of drug-likeness (QED) is 0.798. The van der Waals surface area contributed by atoms with Crippen molar-refractivity contribution in [1.82, 2.24) is 4.31 Å². The Kier molecular flexibility index (Phi) is 4.42. The summed E-state index contributed by atoms with van der Waals surface area (Å²) in [5, 5.41) is 0. The molecule has 0 spiro atoms. The molecule has 1 aromatic carbocycles. The fourth-order valence-electron chi connectivity index (χ4n) is 2.44. The second-order valence-electron chi connectivity index (χ2n) is 5.08. The van der Waals surface area contributed by atoms with Crippen LogP contribution in [0.3, 0.4) is 0 Å². The van der Waals surface area contributed by atoms with Gasteiger partial charge in [-0.15, -0.1) is 0 Å². The van der Waals surface area contributed by atoms with Crippen LogP contribution in [0.4, 0.5) is 0 Å². The van der Waals surface area contributed by atoms with E-state index in [-0.39, 0.29) is 0 Å². The van der Waals surface area contributed by atoms with E-state index in [1.165, 1.54) is 0 Å². The van der Waals surface area contributed by atoms with E-state index in [4.69, 9.17) is 0 Å². The molecule has 0 N–H and O–H groups in total. The number of hydrogen-bond acceptors (Lipinski definition) is 2. The first-order valence-electron chi connectivity index (χ1n) is 6.73. The van der Waals surface area contributed by atoms with Crippen LogP contribution in [0.2, 0.25) is 0 Å². The van der Waals surface area contributed by atoms with Crippen molar-refractivity contribution in [3.63, 3.8) is 0 Å². The van der Waals surface area contributed by atoms with Gasteiger partial charge in [-0.2, -0.15) is 4.31 Å². The van der Waals surface area contributed by atoms with E-state index in [1.807, 2.05) is 26.0 Å². The summed E-state index contributed by atoms with van der Waals surface area (Å²) >= 11 is 0. The van der Waals surface area contributed by atoms with Crippen molar-refractivity contribution in [1.29, 1.82) is 0 Å². The predicted octanol–water partition coefficient (Wildman–Crippen LogP) is 2.97. The Labute approximate surface area is 116 Å². The number of allylic oxidation sites excluding steroid dienone is 2. The molecule has 3 nitrogen and oxygen atoms in total. The predicted molar refractivity (Wildman–Crippen MR) is 77.5 cm³/mol. The van der Waals surface area contributed by atoms with E-state index < -0.39 is 10.0 Å². The SMILES string of the molecule is CC=CC1CCN(S(=O)(=O)c2ccc(C)cc2)CC1. The van der Waals surface area contributed by atoms with Crippen molar-refractivity contribution < 1.29 is 8.42 Å². The average Bonchev–Trinajstić information content (AvgIpc) is 2.40. The Morgan fingerprint density at radius 2 is 1.74 bits per heavy atom. The van der Waals surface area contributed by atoms with Gasteiger partial charge in [0.15, 0.2) is 0 Å². The maximum Gasteiger partial charge on any atom is 0.243 e. The van der Waals surface area contributed by atoms with Gasteiger partial charge in [0, 0.05) is 13.1 Å². The number of aryl methyl sites for hydroxylation is 1. The second-order valence-corrected chi connectivity index (χ2v) is 7.02. The van der Waals surface area contributed by atoms with Gasteiger partial charge in [0.2, 0.25) is 10.0 Å². The molecule has 0 bridgehead atoms. The molecule has 4 heteroatoms. The summed E-state index contributed by atoms with van der Waals surface area (Å²) in [6.45, 7) is 5.20. The summed E-state index contributed by atoms with van der Waals surface area (Å²) in [4.78, 5) is 0.405. The van der Waals surface area contributed by atoms with Crippen molar-refractivity contribution in [3.8, 4) is 0 Å². The number of hydrogen-bond donors (Lipinski definition) is 0. The van der Waals surface area contributed by atoms with Crippen LogP contribution in [-0.2, 0) is 10.0 Å². The van der Waals surface area contributed by atoms with Gasteiger partial charge in [0.05, 0.1) is 4.90 Å². The van der Waals surface area contributed by atoms with Crippen LogP contribution >= 0.6 is 0 Å². The minimum absolute atomic E-state index is 0.405. The number of rotatable bonds is 3. The van der Waals surface area contributed by atoms with Gasteiger partial charge in [0.1, 0.15) is 0 Å². The molecule has 2 rings (SSSR count). The molecular formula is C15H21NO2S. The molecule has 1 fully saturated rings. The summed E-state index contributed by atoms with van der Waals surface area (Å²) in [5.41, 5.74) is 1.07. The summed E-state index contributed by atoms with van der Waals surface area (Å²) in [5.74, 6) is 0.523. The zero-order valence-electron chi connectivity index (χ0n) is 11.5. The molecule has 0 atom stereocenters. The van der Waals surface area contributed by atoms with Crippen LogP contribution in [0.25, 0.3) is 0 Å². The first-order valence-corrected chi connectivity index (χ1v) is 8.17. The zero-order valence-corrected chi connectivity index (χ0v) is 12.4. The Morgan fingerprint density at radius 3 is 2.26 bits per heavy atom. The van der Waals surface area contributed by atoms with Gasteiger partial charge in [-0.25, -0.2) is 8.42 Å². The molecule has 1 aromatic rings. The van der Waals surface area contributed by atoms with Gasteiger partial charge < -0.3 is 0 Å². The molecule has 0 aromatic heterocycles. The molecule has 1 heterocycles. The molecule has 0 aliphatic carbocycles. The Bertz CT molecular complexity index is 538. The van der Waals surface area contributed by atoms with Crippen molar-refractivity contribution in [2.75, 3.05) is 13.1 Å². The lowest BCUT2D eigenvalue weighted by molar-refractivity contribution is 0.306. The number of benzene rings is 1. The van der Waals surface area contributed by atoms with Gasteiger partial charge in [-0.1, -0.05) is 29.8 Å². The molecular weight excluding hydrogens is 258 g/mol. The highest BCUT2D eigenvalue weighted by atomic mass is 32.2. The highest BCUT2D eigenvalue weighted by Gasteiger charge is 2.28. The van der Waals surface area contributed by atoms with Gasteiger partial charge >= 0.3 is 0 Å². The zero-order chi connectivity index (χ0) is 13.9. The summed E-state index contributed by atoms with van der Waals surface area (Å²) in [6, 6.07) is 7.09. The fraction of sp³-hybridized carbons (Fsp3) is 0.467. The molecule has 19 heavy (non-hydrogen) atoms. The maximum atomic E-state index is 12.5. The maximum absolute atomic E-state index is 12.5. The van der Waals surface area contributed by atoms with Crippen LogP contribution in [0.5, 0.6) is 0 Å². The Hall–Kier alpha value is -1.13. The minimum atomic E-state index is -3.31. The third-order valence-electron chi connectivity index (χ3n) is 3.62. The van der Waals surface area contributed by atoms with E-state index in [9.17, 15) is 8.42 Å². The lowest BCUT2D eigenvalue weighted by Crippen LogP contribution is -2.38. The van der Waals surface area contributed by atoms with E-state index in [1.54, 1.807) is 16.4 Å². The van der Waals surface area contributed by atoms with Gasteiger partial charge in [-0.05, 0) is 44.7 Å². The average molecular weight is 279 g/mol. The normalized spacial score (nSPS) is 19.1. The molecule has 104 valence electrons. The fourth-order valence-corrected chi connectivity index (χ4v) is 3.91. The molecule has 0 saturated carbocycles. The third kappa shape index (κ3) is 3.25. The van der Waals surface area contributed by atoms with Gasteiger partial charge in [0.25, 0.3) is 0 Å². The largest absolute Gasteiger partial charge is 0.243 e. The van der Waals surface area contributed by atoms with Gasteiger partial charge in [-0.3, -0.25) is 0 Å². The van der Waals surface area contributed by atoms with Crippen molar-refractivity contribution in [2.45, 2.75) is 31.6 Å². The molecule has 0 radical (unpaired) electrons. The molecule has 1 aliphatic heterocycles. The summed E-state index contributed by atoms with van der Waals surface area (Å²) in [7, 11) is -3.31. The minimum Gasteiger partial charge on any atom is -0.207 e. The Morgan fingerprint density at radius 1 is 1.16 bits per heavy atom. The molecule has 0 unspecified atom stereocenters. The summed E-state index contributed by atoms with van der Waals surface area (Å²) in [6.07, 6.45) is 6.05. The van der Waals surface area contributed by atoms with Crippen LogP contribution < -0.4 is 0 Å². The van der Waals surface area contributed by atoms with Crippen LogP contribution in [0, 0.1) is 12.8 Å². The molecule has 0 amide bonds. The Balaban J connectivity index is 2.11. The van der Waals surface area contributed by atoms with E-state index in [0.717, 1.165) is 18.4 Å². The monoisotopic (exact) mass is 279 g/mol. The summed E-state index contributed by atoms with van der Waals surface area (Å²) < 4.78 is 26.6. The standard InChI is InChI=1S/C15H21NO2S/c1-3-4-14-9-11-16(12-10-14)19(17,18)15-7-5-13(2)6-8-15/h3-8,14H,9-12H2,1-2H3. The highest BCUT2D eigenvalue weighted by molar-refractivity contribution is 7.89. The van der Waals surface area contributed by atoms with E-state index >= 15 is 0 Å². The smallest absolute Gasteiger partial charge is 0.207 e. The van der Waals surface area contributed by atoms with E-state index in [2.05, 4.69) is 12.2 Å². The lowest BCUT2D eigenvalue weighted by atomic mass is 9.98. The highest BCUT2D eigenvalue weighted by Crippen LogP contribution is 2.24. The van der Waals surface area contributed by atoms with Crippen molar-refractivity contribution >= 4 is 10.0 Å². The topological polar surface area (TPSA) is 37.4 Å². The molecule has 1 saturated heterocycles. The lowest BCUT2D eigenvalue weighted by Gasteiger charge is -2.29. The van der Waals surface area contributed by atoms with Crippen LogP contribution in [-0.4, -0.2) is 25.8 Å². The first kappa shape index (κ1) is 14.3. The molecule has 1 aliphatic rings. The number of sulfonamides is 1. The number of piperidine rings is 1. The van der Waals surface area contributed by atoms with Crippen LogP contribution in [0.15, 0.2) is 41.3 Å². The number of nitrogens with zero attached hydrogens (tertiary/aromatic N) is 1. The second kappa shape index (κ2) is 5.88. The van der Waals surface area contributed by atoms with E-state index in [0.29, 0.717) is 23.9 Å².